The normalized spacial score (nSPS) is 11.7. The van der Waals surface area contributed by atoms with Crippen molar-refractivity contribution in [3.05, 3.63) is 35.9 Å². The molecule has 1 amide bonds. The molecule has 0 saturated heterocycles. The predicted octanol–water partition coefficient (Wildman–Crippen LogP) is 3.24. The van der Waals surface area contributed by atoms with E-state index in [0.717, 1.165) is 18.4 Å². The number of carbonyl (C=O) groups excluding carboxylic acids is 3. The topological polar surface area (TPSA) is 81.7 Å². The summed E-state index contributed by atoms with van der Waals surface area (Å²) in [5.74, 6) is -1.49. The van der Waals surface area contributed by atoms with E-state index in [1.807, 2.05) is 51.1 Å². The highest BCUT2D eigenvalue weighted by atomic mass is 16.5. The first kappa shape index (κ1) is 22.7. The van der Waals surface area contributed by atoms with Crippen molar-refractivity contribution in [1.29, 1.82) is 0 Å². The van der Waals surface area contributed by atoms with E-state index < -0.39 is 11.9 Å². The summed E-state index contributed by atoms with van der Waals surface area (Å²) in [6.07, 6.45) is 2.31. The van der Waals surface area contributed by atoms with Gasteiger partial charge in [-0.25, -0.2) is 0 Å². The summed E-state index contributed by atoms with van der Waals surface area (Å²) in [5.41, 5.74) is 0.879. The van der Waals surface area contributed by atoms with Crippen LogP contribution in [-0.2, 0) is 30.5 Å². The highest BCUT2D eigenvalue weighted by Crippen LogP contribution is 2.16. The lowest BCUT2D eigenvalue weighted by Crippen LogP contribution is -2.37. The van der Waals surface area contributed by atoms with E-state index in [0.29, 0.717) is 13.0 Å². The molecule has 0 spiro atoms. The van der Waals surface area contributed by atoms with Gasteiger partial charge in [0.15, 0.2) is 0 Å². The molecule has 1 rings (SSSR count). The minimum absolute atomic E-state index is 0.0206. The fourth-order valence-corrected chi connectivity index (χ4v) is 2.54. The van der Waals surface area contributed by atoms with Crippen molar-refractivity contribution in [2.45, 2.75) is 53.1 Å². The number of carbonyl (C=O) groups is 3. The molecule has 0 bridgehead atoms. The summed E-state index contributed by atoms with van der Waals surface area (Å²) in [7, 11) is 0. The largest absolute Gasteiger partial charge is 0.466 e. The Morgan fingerprint density at radius 2 is 1.74 bits per heavy atom. The van der Waals surface area contributed by atoms with Crippen LogP contribution in [0.15, 0.2) is 30.3 Å². The first-order chi connectivity index (χ1) is 12.9. The van der Waals surface area contributed by atoms with E-state index in [2.05, 4.69) is 5.32 Å². The highest BCUT2D eigenvalue weighted by molar-refractivity contribution is 5.86. The molecule has 0 aromatic heterocycles. The van der Waals surface area contributed by atoms with Gasteiger partial charge in [-0.15, -0.1) is 0 Å². The number of rotatable bonds is 12. The van der Waals surface area contributed by atoms with Gasteiger partial charge in [-0.2, -0.15) is 0 Å². The first-order valence-corrected chi connectivity index (χ1v) is 9.55. The third-order valence-electron chi connectivity index (χ3n) is 3.95. The predicted molar refractivity (Wildman–Crippen MR) is 103 cm³/mol. The molecule has 0 aliphatic heterocycles. The van der Waals surface area contributed by atoms with E-state index in [1.165, 1.54) is 0 Å². The second kappa shape index (κ2) is 12.9. The minimum Gasteiger partial charge on any atom is -0.466 e. The van der Waals surface area contributed by atoms with Gasteiger partial charge in [0.2, 0.25) is 5.91 Å². The van der Waals surface area contributed by atoms with Crippen molar-refractivity contribution in [2.24, 2.45) is 11.8 Å². The van der Waals surface area contributed by atoms with Gasteiger partial charge in [0.25, 0.3) is 0 Å². The van der Waals surface area contributed by atoms with Crippen molar-refractivity contribution in [3.63, 3.8) is 0 Å². The summed E-state index contributed by atoms with van der Waals surface area (Å²) in [4.78, 5) is 36.1. The highest BCUT2D eigenvalue weighted by Gasteiger charge is 2.24. The van der Waals surface area contributed by atoms with Gasteiger partial charge in [0.1, 0.15) is 13.2 Å². The van der Waals surface area contributed by atoms with E-state index >= 15 is 0 Å². The summed E-state index contributed by atoms with van der Waals surface area (Å²) in [5, 5.41) is 2.58. The molecule has 1 aromatic rings. The number of benzene rings is 1. The molecular formula is C21H31NO5. The van der Waals surface area contributed by atoms with Crippen LogP contribution in [0.3, 0.4) is 0 Å². The second-order valence-corrected chi connectivity index (χ2v) is 6.97. The number of esters is 2. The standard InChI is InChI=1S/C21H31NO5/c1-4-5-11-26-19(23)13-18(12-16(2)3)21(25)22-14-20(24)27-15-17-9-7-6-8-10-17/h6-10,16,18H,4-5,11-15H2,1-3H3,(H,22,25). The molecule has 0 radical (unpaired) electrons. The minimum atomic E-state index is -0.513. The van der Waals surface area contributed by atoms with E-state index in [4.69, 9.17) is 9.47 Å². The van der Waals surface area contributed by atoms with Gasteiger partial charge in [0, 0.05) is 5.92 Å². The lowest BCUT2D eigenvalue weighted by Gasteiger charge is -2.18. The Bertz CT molecular complexity index is 585. The van der Waals surface area contributed by atoms with E-state index in [-0.39, 0.29) is 37.4 Å². The number of unbranched alkanes of at least 4 members (excludes halogenated alkanes) is 1. The zero-order valence-electron chi connectivity index (χ0n) is 16.5. The molecule has 0 aliphatic carbocycles. The third-order valence-corrected chi connectivity index (χ3v) is 3.95. The van der Waals surface area contributed by atoms with Crippen molar-refractivity contribution < 1.29 is 23.9 Å². The summed E-state index contributed by atoms with van der Waals surface area (Å²) in [6.45, 7) is 6.30. The smallest absolute Gasteiger partial charge is 0.325 e. The number of nitrogens with one attached hydrogen (secondary N) is 1. The fourth-order valence-electron chi connectivity index (χ4n) is 2.54. The lowest BCUT2D eigenvalue weighted by molar-refractivity contribution is -0.148. The third kappa shape index (κ3) is 10.4. The van der Waals surface area contributed by atoms with Crippen LogP contribution >= 0.6 is 0 Å². The number of hydrogen-bond acceptors (Lipinski definition) is 5. The van der Waals surface area contributed by atoms with Crippen molar-refractivity contribution >= 4 is 17.8 Å². The van der Waals surface area contributed by atoms with Crippen LogP contribution in [-0.4, -0.2) is 31.0 Å². The van der Waals surface area contributed by atoms with Crippen LogP contribution in [0, 0.1) is 11.8 Å². The zero-order chi connectivity index (χ0) is 20.1. The summed E-state index contributed by atoms with van der Waals surface area (Å²) in [6, 6.07) is 9.32. The monoisotopic (exact) mass is 377 g/mol. The van der Waals surface area contributed by atoms with Gasteiger partial charge in [-0.1, -0.05) is 57.5 Å². The molecule has 1 atom stereocenters. The lowest BCUT2D eigenvalue weighted by atomic mass is 9.93. The van der Waals surface area contributed by atoms with Gasteiger partial charge in [0.05, 0.1) is 13.0 Å². The Labute approximate surface area is 161 Å². The molecule has 1 unspecified atom stereocenters. The molecule has 0 saturated carbocycles. The van der Waals surface area contributed by atoms with E-state index in [9.17, 15) is 14.4 Å². The zero-order valence-corrected chi connectivity index (χ0v) is 16.5. The molecule has 27 heavy (non-hydrogen) atoms. The second-order valence-electron chi connectivity index (χ2n) is 6.97. The average molecular weight is 377 g/mol. The molecule has 6 nitrogen and oxygen atoms in total. The molecule has 150 valence electrons. The first-order valence-electron chi connectivity index (χ1n) is 9.55. The molecule has 6 heteroatoms. The Kier molecular flexibility index (Phi) is 10.8. The van der Waals surface area contributed by atoms with E-state index in [1.54, 1.807) is 0 Å². The Morgan fingerprint density at radius 3 is 2.37 bits per heavy atom. The molecule has 1 N–H and O–H groups in total. The molecule has 0 heterocycles. The number of hydrogen-bond donors (Lipinski definition) is 1. The van der Waals surface area contributed by atoms with Crippen molar-refractivity contribution in [2.75, 3.05) is 13.2 Å². The molecular weight excluding hydrogens is 346 g/mol. The van der Waals surface area contributed by atoms with Gasteiger partial charge in [-0.05, 0) is 24.3 Å². The van der Waals surface area contributed by atoms with Gasteiger partial charge in [-0.3, -0.25) is 14.4 Å². The maximum atomic E-state index is 12.4. The van der Waals surface area contributed by atoms with Crippen LogP contribution in [0.5, 0.6) is 0 Å². The number of ether oxygens (including phenoxy) is 2. The van der Waals surface area contributed by atoms with Gasteiger partial charge >= 0.3 is 11.9 Å². The molecule has 0 aliphatic rings. The maximum absolute atomic E-state index is 12.4. The summed E-state index contributed by atoms with van der Waals surface area (Å²) >= 11 is 0. The molecule has 0 fully saturated rings. The van der Waals surface area contributed by atoms with Crippen molar-refractivity contribution in [1.82, 2.24) is 5.32 Å². The van der Waals surface area contributed by atoms with Crippen LogP contribution in [0.1, 0.15) is 52.0 Å². The Hall–Kier alpha value is -2.37. The van der Waals surface area contributed by atoms with Crippen LogP contribution in [0.2, 0.25) is 0 Å². The Balaban J connectivity index is 2.42. The van der Waals surface area contributed by atoms with Crippen molar-refractivity contribution in [3.8, 4) is 0 Å². The maximum Gasteiger partial charge on any atom is 0.325 e. The Morgan fingerprint density at radius 1 is 1.04 bits per heavy atom. The summed E-state index contributed by atoms with van der Waals surface area (Å²) < 4.78 is 10.3. The quantitative estimate of drug-likeness (QED) is 0.447. The number of amides is 1. The van der Waals surface area contributed by atoms with Crippen LogP contribution in [0.25, 0.3) is 0 Å². The van der Waals surface area contributed by atoms with Gasteiger partial charge < -0.3 is 14.8 Å². The molecule has 1 aromatic carbocycles. The SMILES string of the molecule is CCCCOC(=O)CC(CC(C)C)C(=O)NCC(=O)OCc1ccccc1. The average Bonchev–Trinajstić information content (AvgIpc) is 2.64. The van der Waals surface area contributed by atoms with Crippen LogP contribution < -0.4 is 5.32 Å². The fraction of sp³-hybridized carbons (Fsp3) is 0.571. The van der Waals surface area contributed by atoms with Crippen LogP contribution in [0.4, 0.5) is 0 Å².